The number of imidazole rings is 1. The molecule has 124 valence electrons. The topological polar surface area (TPSA) is 43.6 Å². The van der Waals surface area contributed by atoms with E-state index in [4.69, 9.17) is 4.74 Å². The van der Waals surface area contributed by atoms with Crippen LogP contribution in [0, 0.1) is 6.92 Å². The monoisotopic (exact) mass is 348 g/mol. The van der Waals surface area contributed by atoms with Crippen molar-refractivity contribution in [3.05, 3.63) is 65.6 Å². The Morgan fingerprint density at radius 2 is 2.04 bits per heavy atom. The molecule has 0 radical (unpaired) electrons. The van der Waals surface area contributed by atoms with Gasteiger partial charge in [-0.3, -0.25) is 0 Å². The highest BCUT2D eigenvalue weighted by Gasteiger charge is 2.16. The van der Waals surface area contributed by atoms with Crippen LogP contribution in [0.5, 0.6) is 0 Å². The second-order valence-corrected chi connectivity index (χ2v) is 6.19. The van der Waals surface area contributed by atoms with Crippen molar-refractivity contribution >= 4 is 23.4 Å². The van der Waals surface area contributed by atoms with Gasteiger partial charge in [-0.05, 0) is 30.7 Å². The van der Waals surface area contributed by atoms with Crippen LogP contribution in [-0.2, 0) is 11.3 Å². The number of carbonyl (C=O) groups is 1. The molecule has 0 atom stereocenters. The molecule has 7 heteroatoms. The van der Waals surface area contributed by atoms with Crippen LogP contribution >= 0.6 is 11.8 Å². The first-order valence-corrected chi connectivity index (χ1v) is 8.06. The van der Waals surface area contributed by atoms with Crippen LogP contribution in [0.3, 0.4) is 0 Å². The van der Waals surface area contributed by atoms with Gasteiger partial charge < -0.3 is 9.14 Å². The number of alkyl halides is 2. The molecule has 0 N–H and O–H groups in total. The summed E-state index contributed by atoms with van der Waals surface area (Å²) in [5.74, 6) is -3.24. The third-order valence-electron chi connectivity index (χ3n) is 3.32. The predicted molar refractivity (Wildman–Crippen MR) is 87.4 cm³/mol. The standard InChI is InChI=1S/C17H14F2N2O2S/c1-11-6-7-15-20-12(9-21(15)8-11)10-23-16(22)13-4-2-3-5-14(13)24-17(18)19/h2-9,17H,10H2,1H3. The molecule has 0 saturated carbocycles. The molecular formula is C17H14F2N2O2S. The van der Waals surface area contributed by atoms with Crippen LogP contribution in [0.15, 0.2) is 53.7 Å². The van der Waals surface area contributed by atoms with Crippen LogP contribution in [-0.4, -0.2) is 21.1 Å². The minimum absolute atomic E-state index is 0.0206. The van der Waals surface area contributed by atoms with Gasteiger partial charge in [-0.1, -0.05) is 30.0 Å². The zero-order valence-electron chi connectivity index (χ0n) is 12.8. The van der Waals surface area contributed by atoms with Crippen LogP contribution in [0.1, 0.15) is 21.6 Å². The number of benzene rings is 1. The average molecular weight is 348 g/mol. The molecule has 4 nitrogen and oxygen atoms in total. The van der Waals surface area contributed by atoms with Crippen molar-refractivity contribution in [1.29, 1.82) is 0 Å². The molecular weight excluding hydrogens is 334 g/mol. The van der Waals surface area contributed by atoms with Crippen molar-refractivity contribution in [2.45, 2.75) is 24.2 Å². The molecule has 0 spiro atoms. The Morgan fingerprint density at radius 3 is 2.83 bits per heavy atom. The van der Waals surface area contributed by atoms with Gasteiger partial charge in [0.25, 0.3) is 5.76 Å². The first-order valence-electron chi connectivity index (χ1n) is 7.18. The minimum Gasteiger partial charge on any atom is -0.455 e. The third-order valence-corrected chi connectivity index (χ3v) is 4.11. The molecule has 24 heavy (non-hydrogen) atoms. The SMILES string of the molecule is Cc1ccc2nc(COC(=O)c3ccccc3SC(F)F)cn2c1. The molecule has 0 aliphatic carbocycles. The Labute approximate surface area is 141 Å². The van der Waals surface area contributed by atoms with Crippen molar-refractivity contribution in [3.63, 3.8) is 0 Å². The maximum atomic E-state index is 12.6. The molecule has 3 aromatic rings. The molecule has 1 aromatic carbocycles. The summed E-state index contributed by atoms with van der Waals surface area (Å²) in [6, 6.07) is 9.97. The first-order chi connectivity index (χ1) is 11.5. The summed E-state index contributed by atoms with van der Waals surface area (Å²) < 4.78 is 32.2. The molecule has 0 bridgehead atoms. The van der Waals surface area contributed by atoms with E-state index in [1.54, 1.807) is 18.3 Å². The molecule has 0 aliphatic heterocycles. The molecule has 0 amide bonds. The lowest BCUT2D eigenvalue weighted by Crippen LogP contribution is -2.07. The van der Waals surface area contributed by atoms with E-state index < -0.39 is 11.7 Å². The lowest BCUT2D eigenvalue weighted by molar-refractivity contribution is 0.0464. The second kappa shape index (κ2) is 7.00. The van der Waals surface area contributed by atoms with Crippen LogP contribution < -0.4 is 0 Å². The van der Waals surface area contributed by atoms with E-state index in [0.29, 0.717) is 17.5 Å². The third kappa shape index (κ3) is 3.73. The van der Waals surface area contributed by atoms with E-state index in [1.807, 2.05) is 29.7 Å². The molecule has 0 aliphatic rings. The Kier molecular flexibility index (Phi) is 4.80. The molecule has 0 fully saturated rings. The first kappa shape index (κ1) is 16.4. The number of pyridine rings is 1. The number of aromatic nitrogens is 2. The summed E-state index contributed by atoms with van der Waals surface area (Å²) in [6.07, 6.45) is 3.69. The minimum atomic E-state index is -2.60. The maximum absolute atomic E-state index is 12.6. The highest BCUT2D eigenvalue weighted by atomic mass is 32.2. The van der Waals surface area contributed by atoms with Crippen LogP contribution in [0.25, 0.3) is 5.65 Å². The summed E-state index contributed by atoms with van der Waals surface area (Å²) in [5, 5.41) is 0. The Morgan fingerprint density at radius 1 is 1.25 bits per heavy atom. The predicted octanol–water partition coefficient (Wildman–Crippen LogP) is 4.31. The van der Waals surface area contributed by atoms with E-state index in [2.05, 4.69) is 4.98 Å². The summed E-state index contributed by atoms with van der Waals surface area (Å²) in [6.45, 7) is 1.95. The van der Waals surface area contributed by atoms with Crippen molar-refractivity contribution in [1.82, 2.24) is 9.38 Å². The maximum Gasteiger partial charge on any atom is 0.339 e. The summed E-state index contributed by atoms with van der Waals surface area (Å²) >= 11 is 0.327. The van der Waals surface area contributed by atoms with E-state index in [1.165, 1.54) is 12.1 Å². The fourth-order valence-corrected chi connectivity index (χ4v) is 2.90. The van der Waals surface area contributed by atoms with Gasteiger partial charge in [0.2, 0.25) is 0 Å². The normalized spacial score (nSPS) is 11.2. The van der Waals surface area contributed by atoms with Gasteiger partial charge >= 0.3 is 5.97 Å². The number of nitrogens with zero attached hydrogens (tertiary/aromatic N) is 2. The summed E-state index contributed by atoms with van der Waals surface area (Å²) in [7, 11) is 0. The average Bonchev–Trinajstić information content (AvgIpc) is 2.94. The second-order valence-electron chi connectivity index (χ2n) is 5.15. The number of rotatable bonds is 5. The van der Waals surface area contributed by atoms with E-state index in [9.17, 15) is 13.6 Å². The molecule has 3 rings (SSSR count). The fraction of sp³-hybridized carbons (Fsp3) is 0.176. The Bertz CT molecular complexity index is 880. The zero-order chi connectivity index (χ0) is 17.1. The van der Waals surface area contributed by atoms with Gasteiger partial charge in [0.1, 0.15) is 12.3 Å². The van der Waals surface area contributed by atoms with Gasteiger partial charge in [0.05, 0.1) is 11.3 Å². The smallest absolute Gasteiger partial charge is 0.339 e. The van der Waals surface area contributed by atoms with Crippen LogP contribution in [0.2, 0.25) is 0 Å². The van der Waals surface area contributed by atoms with Crippen molar-refractivity contribution in [2.24, 2.45) is 0 Å². The number of halogens is 2. The fourth-order valence-electron chi connectivity index (χ4n) is 2.28. The number of hydrogen-bond donors (Lipinski definition) is 0. The lowest BCUT2D eigenvalue weighted by Gasteiger charge is -2.08. The quantitative estimate of drug-likeness (QED) is 0.509. The lowest BCUT2D eigenvalue weighted by atomic mass is 10.2. The number of esters is 1. The number of carbonyl (C=O) groups excluding carboxylic acids is 1. The van der Waals surface area contributed by atoms with E-state index >= 15 is 0 Å². The highest BCUT2D eigenvalue weighted by molar-refractivity contribution is 7.99. The molecule has 2 heterocycles. The van der Waals surface area contributed by atoms with Crippen molar-refractivity contribution in [3.8, 4) is 0 Å². The van der Waals surface area contributed by atoms with Gasteiger partial charge in [-0.25, -0.2) is 9.78 Å². The highest BCUT2D eigenvalue weighted by Crippen LogP contribution is 2.28. The van der Waals surface area contributed by atoms with Gasteiger partial charge in [0, 0.05) is 17.3 Å². The van der Waals surface area contributed by atoms with Gasteiger partial charge in [-0.15, -0.1) is 0 Å². The zero-order valence-corrected chi connectivity index (χ0v) is 13.6. The van der Waals surface area contributed by atoms with Crippen molar-refractivity contribution in [2.75, 3.05) is 0 Å². The Hall–Kier alpha value is -2.41. The van der Waals surface area contributed by atoms with Crippen LogP contribution in [0.4, 0.5) is 8.78 Å². The number of thioether (sulfide) groups is 1. The van der Waals surface area contributed by atoms with E-state index in [-0.39, 0.29) is 17.1 Å². The van der Waals surface area contributed by atoms with Gasteiger partial charge in [-0.2, -0.15) is 8.78 Å². The van der Waals surface area contributed by atoms with E-state index in [0.717, 1.165) is 11.2 Å². The summed E-state index contributed by atoms with van der Waals surface area (Å²) in [5.41, 5.74) is 2.55. The molecule has 0 saturated heterocycles. The number of fused-ring (bicyclic) bond motifs is 1. The summed E-state index contributed by atoms with van der Waals surface area (Å²) in [4.78, 5) is 16.7. The number of aryl methyl sites for hydroxylation is 1. The Balaban J connectivity index is 1.73. The van der Waals surface area contributed by atoms with Crippen molar-refractivity contribution < 1.29 is 18.3 Å². The number of ether oxygens (including phenoxy) is 1. The number of hydrogen-bond acceptors (Lipinski definition) is 4. The largest absolute Gasteiger partial charge is 0.455 e. The molecule has 0 unspecified atom stereocenters. The molecule has 2 aromatic heterocycles. The van der Waals surface area contributed by atoms with Gasteiger partial charge in [0.15, 0.2) is 0 Å².